The SMILES string of the molecule is CC(C)C(C)Nc1cc(N)c(C#N)s1. The van der Waals surface area contributed by atoms with Crippen LogP contribution in [0.15, 0.2) is 6.07 Å². The molecule has 0 aliphatic rings. The molecule has 0 saturated carbocycles. The third-order valence-corrected chi connectivity index (χ3v) is 3.22. The first kappa shape index (κ1) is 10.9. The van der Waals surface area contributed by atoms with Gasteiger partial charge in [0.1, 0.15) is 10.9 Å². The Morgan fingerprint density at radius 2 is 2.14 bits per heavy atom. The van der Waals surface area contributed by atoms with Crippen molar-refractivity contribution in [3.8, 4) is 6.07 Å². The van der Waals surface area contributed by atoms with Gasteiger partial charge >= 0.3 is 0 Å². The molecule has 0 aromatic carbocycles. The maximum Gasteiger partial charge on any atom is 0.129 e. The summed E-state index contributed by atoms with van der Waals surface area (Å²) >= 11 is 1.41. The second-order valence-electron chi connectivity index (χ2n) is 3.68. The molecule has 0 aliphatic heterocycles. The quantitative estimate of drug-likeness (QED) is 0.804. The lowest BCUT2D eigenvalue weighted by Crippen LogP contribution is -2.20. The van der Waals surface area contributed by atoms with Gasteiger partial charge in [-0.1, -0.05) is 13.8 Å². The van der Waals surface area contributed by atoms with E-state index in [1.165, 1.54) is 11.3 Å². The Hall–Kier alpha value is -1.21. The first-order valence-corrected chi connectivity index (χ1v) is 5.42. The van der Waals surface area contributed by atoms with Crippen LogP contribution in [-0.4, -0.2) is 6.04 Å². The molecule has 1 atom stereocenters. The summed E-state index contributed by atoms with van der Waals surface area (Å²) in [6.07, 6.45) is 0. The van der Waals surface area contributed by atoms with Gasteiger partial charge < -0.3 is 11.1 Å². The van der Waals surface area contributed by atoms with Gasteiger partial charge in [0, 0.05) is 6.04 Å². The first-order chi connectivity index (χ1) is 6.54. The van der Waals surface area contributed by atoms with Crippen molar-refractivity contribution in [2.75, 3.05) is 11.1 Å². The minimum absolute atomic E-state index is 0.389. The van der Waals surface area contributed by atoms with Crippen LogP contribution in [0.3, 0.4) is 0 Å². The van der Waals surface area contributed by atoms with E-state index in [0.29, 0.717) is 22.5 Å². The van der Waals surface area contributed by atoms with Gasteiger partial charge in [-0.2, -0.15) is 5.26 Å². The van der Waals surface area contributed by atoms with Crippen LogP contribution in [0.4, 0.5) is 10.7 Å². The molecule has 1 heterocycles. The number of hydrogen-bond acceptors (Lipinski definition) is 4. The highest BCUT2D eigenvalue weighted by molar-refractivity contribution is 7.17. The van der Waals surface area contributed by atoms with Crippen LogP contribution >= 0.6 is 11.3 Å². The molecule has 1 rings (SSSR count). The van der Waals surface area contributed by atoms with E-state index in [1.807, 2.05) is 6.07 Å². The fourth-order valence-electron chi connectivity index (χ4n) is 0.955. The number of nitrogen functional groups attached to an aromatic ring is 1. The van der Waals surface area contributed by atoms with Gasteiger partial charge in [-0.05, 0) is 18.9 Å². The number of hydrogen-bond donors (Lipinski definition) is 2. The molecule has 0 amide bonds. The predicted octanol–water partition coefficient (Wildman–Crippen LogP) is 2.66. The minimum atomic E-state index is 0.389. The minimum Gasteiger partial charge on any atom is -0.397 e. The summed E-state index contributed by atoms with van der Waals surface area (Å²) in [5.41, 5.74) is 6.22. The molecule has 0 aliphatic carbocycles. The second-order valence-corrected chi connectivity index (χ2v) is 4.74. The Morgan fingerprint density at radius 1 is 1.50 bits per heavy atom. The smallest absolute Gasteiger partial charge is 0.129 e. The highest BCUT2D eigenvalue weighted by atomic mass is 32.1. The van der Waals surface area contributed by atoms with Gasteiger partial charge in [0.15, 0.2) is 0 Å². The highest BCUT2D eigenvalue weighted by Crippen LogP contribution is 2.29. The number of rotatable bonds is 3. The Morgan fingerprint density at radius 3 is 2.57 bits per heavy atom. The molecule has 0 saturated heterocycles. The van der Waals surface area contributed by atoms with Crippen molar-refractivity contribution in [2.24, 2.45) is 5.92 Å². The summed E-state index contributed by atoms with van der Waals surface area (Å²) in [4.78, 5) is 0.587. The largest absolute Gasteiger partial charge is 0.397 e. The molecule has 1 aromatic heterocycles. The molecule has 3 nitrogen and oxygen atoms in total. The Bertz CT molecular complexity index is 349. The van der Waals surface area contributed by atoms with E-state index in [4.69, 9.17) is 11.0 Å². The van der Waals surface area contributed by atoms with E-state index in [-0.39, 0.29) is 0 Å². The summed E-state index contributed by atoms with van der Waals surface area (Å²) in [5.74, 6) is 0.559. The molecule has 3 N–H and O–H groups in total. The van der Waals surface area contributed by atoms with Crippen LogP contribution in [0.2, 0.25) is 0 Å². The van der Waals surface area contributed by atoms with Crippen molar-refractivity contribution in [2.45, 2.75) is 26.8 Å². The van der Waals surface area contributed by atoms with Gasteiger partial charge in [-0.3, -0.25) is 0 Å². The van der Waals surface area contributed by atoms with Crippen molar-refractivity contribution in [1.82, 2.24) is 0 Å². The number of anilines is 2. The maximum atomic E-state index is 8.73. The van der Waals surface area contributed by atoms with Gasteiger partial charge in [0.05, 0.1) is 10.7 Å². The van der Waals surface area contributed by atoms with E-state index in [2.05, 4.69) is 32.2 Å². The summed E-state index contributed by atoms with van der Waals surface area (Å²) in [6, 6.07) is 4.28. The fourth-order valence-corrected chi connectivity index (χ4v) is 1.83. The van der Waals surface area contributed by atoms with Gasteiger partial charge in [0.2, 0.25) is 0 Å². The molecule has 1 aromatic rings. The number of thiophene rings is 1. The molecule has 14 heavy (non-hydrogen) atoms. The highest BCUT2D eigenvalue weighted by Gasteiger charge is 2.10. The number of nitrogens with one attached hydrogen (secondary N) is 1. The molecule has 0 spiro atoms. The molecular formula is C10H15N3S. The lowest BCUT2D eigenvalue weighted by molar-refractivity contribution is 0.561. The molecule has 0 fully saturated rings. The van der Waals surface area contributed by atoms with E-state index >= 15 is 0 Å². The molecular weight excluding hydrogens is 194 g/mol. The molecule has 4 heteroatoms. The monoisotopic (exact) mass is 209 g/mol. The second kappa shape index (κ2) is 4.34. The zero-order valence-corrected chi connectivity index (χ0v) is 9.48. The topological polar surface area (TPSA) is 61.8 Å². The lowest BCUT2D eigenvalue weighted by Gasteiger charge is -2.16. The van der Waals surface area contributed by atoms with E-state index in [1.54, 1.807) is 0 Å². The zero-order valence-electron chi connectivity index (χ0n) is 8.66. The number of nitrogens with two attached hydrogens (primary N) is 1. The zero-order chi connectivity index (χ0) is 10.7. The van der Waals surface area contributed by atoms with E-state index < -0.39 is 0 Å². The Balaban J connectivity index is 2.74. The average Bonchev–Trinajstić information content (AvgIpc) is 2.45. The molecule has 0 bridgehead atoms. The van der Waals surface area contributed by atoms with Gasteiger partial charge in [-0.25, -0.2) is 0 Å². The fraction of sp³-hybridized carbons (Fsp3) is 0.500. The summed E-state index contributed by atoms with van der Waals surface area (Å²) < 4.78 is 0. The molecule has 1 unspecified atom stereocenters. The van der Waals surface area contributed by atoms with Crippen LogP contribution in [0.25, 0.3) is 0 Å². The van der Waals surface area contributed by atoms with Gasteiger partial charge in [0.25, 0.3) is 0 Å². The van der Waals surface area contributed by atoms with E-state index in [0.717, 1.165) is 5.00 Å². The van der Waals surface area contributed by atoms with Crippen LogP contribution < -0.4 is 11.1 Å². The lowest BCUT2D eigenvalue weighted by atomic mass is 10.1. The summed E-state index contributed by atoms with van der Waals surface area (Å²) in [7, 11) is 0. The van der Waals surface area contributed by atoms with Crippen molar-refractivity contribution < 1.29 is 0 Å². The maximum absolute atomic E-state index is 8.73. The normalized spacial score (nSPS) is 12.5. The standard InChI is InChI=1S/C10H15N3S/c1-6(2)7(3)13-10-4-8(12)9(5-11)14-10/h4,6-7,13H,12H2,1-3H3. The van der Waals surface area contributed by atoms with Crippen LogP contribution in [0.1, 0.15) is 25.6 Å². The third kappa shape index (κ3) is 2.39. The van der Waals surface area contributed by atoms with Crippen molar-refractivity contribution in [3.05, 3.63) is 10.9 Å². The van der Waals surface area contributed by atoms with Crippen molar-refractivity contribution in [3.63, 3.8) is 0 Å². The first-order valence-electron chi connectivity index (χ1n) is 4.60. The predicted molar refractivity (Wildman–Crippen MR) is 61.4 cm³/mol. The van der Waals surface area contributed by atoms with Crippen molar-refractivity contribution >= 4 is 22.0 Å². The summed E-state index contributed by atoms with van der Waals surface area (Å²) in [5, 5.41) is 13.0. The Kier molecular flexibility index (Phi) is 3.37. The third-order valence-electron chi connectivity index (χ3n) is 2.23. The Labute approximate surface area is 88.5 Å². The van der Waals surface area contributed by atoms with Gasteiger partial charge in [-0.15, -0.1) is 11.3 Å². The van der Waals surface area contributed by atoms with E-state index in [9.17, 15) is 0 Å². The number of nitrogens with zero attached hydrogens (tertiary/aromatic N) is 1. The number of nitriles is 1. The van der Waals surface area contributed by atoms with Crippen LogP contribution in [0.5, 0.6) is 0 Å². The molecule has 0 radical (unpaired) electrons. The van der Waals surface area contributed by atoms with Crippen molar-refractivity contribution in [1.29, 1.82) is 5.26 Å². The average molecular weight is 209 g/mol. The summed E-state index contributed by atoms with van der Waals surface area (Å²) in [6.45, 7) is 6.42. The van der Waals surface area contributed by atoms with Crippen LogP contribution in [0, 0.1) is 17.2 Å². The molecule has 76 valence electrons. The van der Waals surface area contributed by atoms with Crippen LogP contribution in [-0.2, 0) is 0 Å².